The molecular formula is C15H8BrNO2. The number of hydrogen-bond acceptors (Lipinski definition) is 2. The van der Waals surface area contributed by atoms with Crippen molar-refractivity contribution in [3.05, 3.63) is 57.2 Å². The number of fused-ring (bicyclic) bond motifs is 4. The third-order valence-electron chi connectivity index (χ3n) is 3.30. The molecule has 4 heteroatoms. The molecule has 0 aliphatic rings. The molecule has 19 heavy (non-hydrogen) atoms. The maximum absolute atomic E-state index is 12.6. The van der Waals surface area contributed by atoms with E-state index in [1.165, 1.54) is 0 Å². The lowest BCUT2D eigenvalue weighted by Crippen LogP contribution is -2.00. The second-order valence-electron chi connectivity index (χ2n) is 4.45. The Balaban J connectivity index is 2.34. The van der Waals surface area contributed by atoms with E-state index >= 15 is 0 Å². The van der Waals surface area contributed by atoms with Crippen molar-refractivity contribution >= 4 is 48.9 Å². The Morgan fingerprint density at radius 2 is 1.89 bits per heavy atom. The fourth-order valence-corrected chi connectivity index (χ4v) is 2.79. The first kappa shape index (κ1) is 10.8. The van der Waals surface area contributed by atoms with Gasteiger partial charge in [-0.2, -0.15) is 0 Å². The van der Waals surface area contributed by atoms with Gasteiger partial charge in [0.15, 0.2) is 0 Å². The molecule has 2 aromatic heterocycles. The Kier molecular flexibility index (Phi) is 2.11. The van der Waals surface area contributed by atoms with Crippen molar-refractivity contribution in [3.63, 3.8) is 0 Å². The lowest BCUT2D eigenvalue weighted by atomic mass is 10.1. The highest BCUT2D eigenvalue weighted by Crippen LogP contribution is 2.26. The van der Waals surface area contributed by atoms with Crippen LogP contribution in [0.5, 0.6) is 0 Å². The van der Waals surface area contributed by atoms with Gasteiger partial charge >= 0.3 is 0 Å². The minimum absolute atomic E-state index is 0.00463. The normalized spacial score (nSPS) is 11.6. The summed E-state index contributed by atoms with van der Waals surface area (Å²) in [5, 5.41) is 2.10. The summed E-state index contributed by atoms with van der Waals surface area (Å²) < 4.78 is 6.66. The Labute approximate surface area is 116 Å². The average molecular weight is 314 g/mol. The SMILES string of the molecule is O=c1c2cc(Br)ccc2oc2[nH]c3ccccc3c12. The Bertz CT molecular complexity index is 997. The second-order valence-corrected chi connectivity index (χ2v) is 5.36. The maximum Gasteiger partial charge on any atom is 0.209 e. The molecule has 0 aliphatic heterocycles. The number of hydrogen-bond donors (Lipinski definition) is 1. The van der Waals surface area contributed by atoms with Gasteiger partial charge in [0, 0.05) is 15.4 Å². The number of benzene rings is 2. The van der Waals surface area contributed by atoms with Crippen LogP contribution in [0.25, 0.3) is 33.0 Å². The van der Waals surface area contributed by atoms with E-state index in [1.807, 2.05) is 30.3 Å². The van der Waals surface area contributed by atoms with Gasteiger partial charge in [0.25, 0.3) is 0 Å². The summed E-state index contributed by atoms with van der Waals surface area (Å²) in [7, 11) is 0. The van der Waals surface area contributed by atoms with Gasteiger partial charge < -0.3 is 9.40 Å². The van der Waals surface area contributed by atoms with Gasteiger partial charge in [-0.05, 0) is 24.3 Å². The van der Waals surface area contributed by atoms with Crippen molar-refractivity contribution < 1.29 is 4.42 Å². The largest absolute Gasteiger partial charge is 0.439 e. The topological polar surface area (TPSA) is 46.0 Å². The first-order chi connectivity index (χ1) is 9.24. The van der Waals surface area contributed by atoms with E-state index in [9.17, 15) is 4.79 Å². The average Bonchev–Trinajstić information content (AvgIpc) is 2.78. The molecule has 0 unspecified atom stereocenters. The van der Waals surface area contributed by atoms with Crippen LogP contribution in [0.2, 0.25) is 0 Å². The van der Waals surface area contributed by atoms with Crippen molar-refractivity contribution in [3.8, 4) is 0 Å². The van der Waals surface area contributed by atoms with E-state index in [1.54, 1.807) is 12.1 Å². The highest BCUT2D eigenvalue weighted by Gasteiger charge is 2.13. The summed E-state index contributed by atoms with van der Waals surface area (Å²) in [6.07, 6.45) is 0. The molecule has 92 valence electrons. The molecule has 0 bridgehead atoms. The van der Waals surface area contributed by atoms with Crippen molar-refractivity contribution in [2.24, 2.45) is 0 Å². The number of nitrogens with one attached hydrogen (secondary N) is 1. The standard InChI is InChI=1S/C15H8BrNO2/c16-8-5-6-12-10(7-8)14(18)13-9-3-1-2-4-11(9)17-15(13)19-12/h1-7,17H. The molecule has 0 fully saturated rings. The number of rotatable bonds is 0. The quantitative estimate of drug-likeness (QED) is 0.529. The van der Waals surface area contributed by atoms with Gasteiger partial charge in [-0.15, -0.1) is 0 Å². The molecule has 0 saturated heterocycles. The number of aromatic nitrogens is 1. The maximum atomic E-state index is 12.6. The van der Waals surface area contributed by atoms with E-state index in [0.717, 1.165) is 15.4 Å². The van der Waals surface area contributed by atoms with Crippen LogP contribution in [0.3, 0.4) is 0 Å². The van der Waals surface area contributed by atoms with E-state index < -0.39 is 0 Å². The van der Waals surface area contributed by atoms with Crippen LogP contribution >= 0.6 is 15.9 Å². The van der Waals surface area contributed by atoms with Gasteiger partial charge in [-0.25, -0.2) is 0 Å². The molecule has 3 nitrogen and oxygen atoms in total. The zero-order valence-corrected chi connectivity index (χ0v) is 11.3. The molecule has 4 aromatic rings. The zero-order chi connectivity index (χ0) is 13.0. The summed E-state index contributed by atoms with van der Waals surface area (Å²) in [6.45, 7) is 0. The van der Waals surface area contributed by atoms with E-state index in [2.05, 4.69) is 20.9 Å². The first-order valence-corrected chi connectivity index (χ1v) is 6.66. The van der Waals surface area contributed by atoms with Gasteiger partial charge in [-0.3, -0.25) is 4.79 Å². The lowest BCUT2D eigenvalue weighted by Gasteiger charge is -1.98. The summed E-state index contributed by atoms with van der Waals surface area (Å²) >= 11 is 3.38. The molecule has 2 heterocycles. The third kappa shape index (κ3) is 1.47. The van der Waals surface area contributed by atoms with Crippen LogP contribution in [0.4, 0.5) is 0 Å². The monoisotopic (exact) mass is 313 g/mol. The van der Waals surface area contributed by atoms with Crippen molar-refractivity contribution in [2.75, 3.05) is 0 Å². The van der Waals surface area contributed by atoms with Crippen molar-refractivity contribution in [1.29, 1.82) is 0 Å². The molecular weight excluding hydrogens is 306 g/mol. The third-order valence-corrected chi connectivity index (χ3v) is 3.79. The smallest absolute Gasteiger partial charge is 0.209 e. The van der Waals surface area contributed by atoms with Crippen molar-refractivity contribution in [1.82, 2.24) is 4.98 Å². The predicted octanol–water partition coefficient (Wildman–Crippen LogP) is 4.19. The van der Waals surface area contributed by atoms with E-state index in [4.69, 9.17) is 4.42 Å². The molecule has 0 aliphatic carbocycles. The molecule has 0 radical (unpaired) electrons. The van der Waals surface area contributed by atoms with Crippen LogP contribution in [-0.2, 0) is 0 Å². The number of para-hydroxylation sites is 1. The van der Waals surface area contributed by atoms with Gasteiger partial charge in [0.2, 0.25) is 11.1 Å². The van der Waals surface area contributed by atoms with Gasteiger partial charge in [0.05, 0.1) is 10.8 Å². The van der Waals surface area contributed by atoms with E-state index in [0.29, 0.717) is 22.1 Å². The highest BCUT2D eigenvalue weighted by molar-refractivity contribution is 9.10. The van der Waals surface area contributed by atoms with Crippen LogP contribution < -0.4 is 5.43 Å². The first-order valence-electron chi connectivity index (χ1n) is 5.87. The molecule has 4 rings (SSSR count). The van der Waals surface area contributed by atoms with Crippen LogP contribution in [-0.4, -0.2) is 4.98 Å². The molecule has 2 aromatic carbocycles. The Morgan fingerprint density at radius 1 is 1.05 bits per heavy atom. The number of H-pyrrole nitrogens is 1. The Morgan fingerprint density at radius 3 is 2.79 bits per heavy atom. The second kappa shape index (κ2) is 3.71. The molecule has 1 N–H and O–H groups in total. The number of halogens is 1. The van der Waals surface area contributed by atoms with Crippen molar-refractivity contribution in [2.45, 2.75) is 0 Å². The minimum Gasteiger partial charge on any atom is -0.439 e. The molecule has 0 saturated carbocycles. The van der Waals surface area contributed by atoms with Gasteiger partial charge in [-0.1, -0.05) is 34.1 Å². The Hall–Kier alpha value is -2.07. The van der Waals surface area contributed by atoms with E-state index in [-0.39, 0.29) is 5.43 Å². The van der Waals surface area contributed by atoms with Crippen LogP contribution in [0.1, 0.15) is 0 Å². The summed E-state index contributed by atoms with van der Waals surface area (Å²) in [5.74, 6) is 0. The highest BCUT2D eigenvalue weighted by atomic mass is 79.9. The predicted molar refractivity (Wildman–Crippen MR) is 79.5 cm³/mol. The fourth-order valence-electron chi connectivity index (χ4n) is 2.43. The molecule has 0 spiro atoms. The zero-order valence-electron chi connectivity index (χ0n) is 9.74. The minimum atomic E-state index is -0.00463. The summed E-state index contributed by atoms with van der Waals surface area (Å²) in [4.78, 5) is 15.8. The molecule has 0 atom stereocenters. The van der Waals surface area contributed by atoms with Crippen LogP contribution in [0.15, 0.2) is 56.1 Å². The molecule has 0 amide bonds. The van der Waals surface area contributed by atoms with Crippen LogP contribution in [0, 0.1) is 0 Å². The summed E-state index contributed by atoms with van der Waals surface area (Å²) in [5.41, 5.74) is 2.02. The lowest BCUT2D eigenvalue weighted by molar-refractivity contribution is 0.648. The van der Waals surface area contributed by atoms with Gasteiger partial charge in [0.1, 0.15) is 5.58 Å². The summed E-state index contributed by atoms with van der Waals surface area (Å²) in [6, 6.07) is 13.2. The fraction of sp³-hybridized carbons (Fsp3) is 0. The number of aromatic amines is 1.